The van der Waals surface area contributed by atoms with E-state index in [9.17, 15) is 8.42 Å². The van der Waals surface area contributed by atoms with Crippen molar-refractivity contribution in [2.45, 2.75) is 76.0 Å². The molecule has 3 N–H and O–H groups in total. The number of hydrogen-bond donors (Lipinski definition) is 3. The van der Waals surface area contributed by atoms with Crippen LogP contribution in [0.5, 0.6) is 0 Å². The highest BCUT2D eigenvalue weighted by Crippen LogP contribution is 2.20. The van der Waals surface area contributed by atoms with E-state index in [2.05, 4.69) is 27.2 Å². The van der Waals surface area contributed by atoms with Crippen LogP contribution < -0.4 is 10.0 Å². The standard InChI is InChI=1S/C14H26N4O2S/c1-3-4-5-6-11(2)18-21(19,20)14-12(10-16-17-14)9-15-13-7-8-13/h10-11,13,15,18H,3-9H2,1-2H3,(H,16,17). The van der Waals surface area contributed by atoms with Crippen molar-refractivity contribution >= 4 is 10.0 Å². The minimum absolute atomic E-state index is 0.0610. The topological polar surface area (TPSA) is 86.9 Å². The Morgan fingerprint density at radius 1 is 1.43 bits per heavy atom. The molecule has 1 aliphatic carbocycles. The summed E-state index contributed by atoms with van der Waals surface area (Å²) < 4.78 is 27.5. The molecule has 1 saturated carbocycles. The minimum atomic E-state index is -3.52. The van der Waals surface area contributed by atoms with E-state index < -0.39 is 10.0 Å². The smallest absolute Gasteiger partial charge is 0.258 e. The summed E-state index contributed by atoms with van der Waals surface area (Å²) in [4.78, 5) is 0. The number of sulfonamides is 1. The summed E-state index contributed by atoms with van der Waals surface area (Å²) in [6, 6.07) is 0.477. The Labute approximate surface area is 127 Å². The number of nitrogens with one attached hydrogen (secondary N) is 3. The van der Waals surface area contributed by atoms with Crippen LogP contribution in [-0.2, 0) is 16.6 Å². The average Bonchev–Trinajstić information content (AvgIpc) is 3.12. The molecule has 1 heterocycles. The van der Waals surface area contributed by atoms with E-state index in [4.69, 9.17) is 0 Å². The summed E-state index contributed by atoms with van der Waals surface area (Å²) in [6.45, 7) is 4.59. The van der Waals surface area contributed by atoms with Crippen LogP contribution in [0.25, 0.3) is 0 Å². The van der Waals surface area contributed by atoms with Crippen LogP contribution in [0.3, 0.4) is 0 Å². The van der Waals surface area contributed by atoms with E-state index in [1.165, 1.54) is 12.8 Å². The van der Waals surface area contributed by atoms with Gasteiger partial charge in [0.1, 0.15) is 0 Å². The molecule has 0 radical (unpaired) electrons. The molecule has 1 aromatic heterocycles. The molecule has 7 heteroatoms. The second-order valence-corrected chi connectivity index (χ2v) is 7.55. The summed E-state index contributed by atoms with van der Waals surface area (Å²) in [7, 11) is -3.52. The number of H-pyrrole nitrogens is 1. The maximum Gasteiger partial charge on any atom is 0.258 e. The lowest BCUT2D eigenvalue weighted by Gasteiger charge is -2.14. The van der Waals surface area contributed by atoms with E-state index >= 15 is 0 Å². The van der Waals surface area contributed by atoms with Gasteiger partial charge in [-0.2, -0.15) is 5.10 Å². The van der Waals surface area contributed by atoms with Gasteiger partial charge in [0.05, 0.1) is 6.20 Å². The molecule has 1 unspecified atom stereocenters. The van der Waals surface area contributed by atoms with Crippen molar-refractivity contribution < 1.29 is 8.42 Å². The van der Waals surface area contributed by atoms with Crippen molar-refractivity contribution in [3.05, 3.63) is 11.8 Å². The highest BCUT2D eigenvalue weighted by molar-refractivity contribution is 7.89. The first-order valence-corrected chi connectivity index (χ1v) is 9.29. The van der Waals surface area contributed by atoms with Crippen molar-refractivity contribution in [3.8, 4) is 0 Å². The zero-order valence-corrected chi connectivity index (χ0v) is 13.7. The highest BCUT2D eigenvalue weighted by atomic mass is 32.2. The van der Waals surface area contributed by atoms with Crippen molar-refractivity contribution in [2.24, 2.45) is 0 Å². The lowest BCUT2D eigenvalue weighted by Crippen LogP contribution is -2.33. The molecule has 0 aliphatic heterocycles. The Hall–Kier alpha value is -0.920. The largest absolute Gasteiger partial charge is 0.310 e. The first kappa shape index (κ1) is 16.5. The van der Waals surface area contributed by atoms with Crippen molar-refractivity contribution in [2.75, 3.05) is 0 Å². The summed E-state index contributed by atoms with van der Waals surface area (Å²) in [5, 5.41) is 10.0. The minimum Gasteiger partial charge on any atom is -0.310 e. The van der Waals surface area contributed by atoms with Crippen LogP contribution in [0.1, 0.15) is 57.9 Å². The second kappa shape index (κ2) is 7.38. The van der Waals surface area contributed by atoms with Gasteiger partial charge in [-0.3, -0.25) is 5.10 Å². The number of nitrogens with zero attached hydrogens (tertiary/aromatic N) is 1. The van der Waals surface area contributed by atoms with Crippen molar-refractivity contribution in [1.82, 2.24) is 20.2 Å². The Morgan fingerprint density at radius 3 is 2.86 bits per heavy atom. The Kier molecular flexibility index (Phi) is 5.78. The normalized spacial score (nSPS) is 17.0. The van der Waals surface area contributed by atoms with Gasteiger partial charge in [0.15, 0.2) is 5.03 Å². The zero-order valence-electron chi connectivity index (χ0n) is 12.9. The van der Waals surface area contributed by atoms with E-state index in [0.717, 1.165) is 25.7 Å². The lowest BCUT2D eigenvalue weighted by molar-refractivity contribution is 0.523. The molecular formula is C14H26N4O2S. The molecule has 21 heavy (non-hydrogen) atoms. The number of unbranched alkanes of at least 4 members (excludes halogenated alkanes) is 2. The molecule has 2 rings (SSSR count). The SMILES string of the molecule is CCCCCC(C)NS(=O)(=O)c1[nH]ncc1CNC1CC1. The molecule has 0 aromatic carbocycles. The van der Waals surface area contributed by atoms with Gasteiger partial charge in [-0.15, -0.1) is 0 Å². The highest BCUT2D eigenvalue weighted by Gasteiger charge is 2.25. The molecule has 0 amide bonds. The van der Waals surface area contributed by atoms with Gasteiger partial charge < -0.3 is 5.32 Å². The fourth-order valence-electron chi connectivity index (χ4n) is 2.28. The van der Waals surface area contributed by atoms with E-state index in [-0.39, 0.29) is 11.1 Å². The fraction of sp³-hybridized carbons (Fsp3) is 0.786. The molecule has 6 nitrogen and oxygen atoms in total. The average molecular weight is 314 g/mol. The van der Waals surface area contributed by atoms with Gasteiger partial charge in [-0.1, -0.05) is 26.2 Å². The van der Waals surface area contributed by atoms with E-state index in [0.29, 0.717) is 18.2 Å². The molecule has 1 aliphatic rings. The molecule has 120 valence electrons. The summed E-state index contributed by atoms with van der Waals surface area (Å²) in [6.07, 6.45) is 8.10. The van der Waals surface area contributed by atoms with E-state index in [1.54, 1.807) is 6.20 Å². The van der Waals surface area contributed by atoms with Crippen molar-refractivity contribution in [3.63, 3.8) is 0 Å². The molecule has 0 bridgehead atoms. The quantitative estimate of drug-likeness (QED) is 0.576. The van der Waals surface area contributed by atoms with Gasteiger partial charge in [0.2, 0.25) is 0 Å². The van der Waals surface area contributed by atoms with Crippen LogP contribution in [-0.4, -0.2) is 30.7 Å². The lowest BCUT2D eigenvalue weighted by atomic mass is 10.1. The van der Waals surface area contributed by atoms with Crippen LogP contribution in [0.2, 0.25) is 0 Å². The molecule has 1 atom stereocenters. The third-order valence-electron chi connectivity index (χ3n) is 3.70. The fourth-order valence-corrected chi connectivity index (χ4v) is 3.69. The number of hydrogen-bond acceptors (Lipinski definition) is 4. The van der Waals surface area contributed by atoms with Crippen LogP contribution in [0, 0.1) is 0 Å². The number of rotatable bonds is 10. The maximum atomic E-state index is 12.4. The summed E-state index contributed by atoms with van der Waals surface area (Å²) in [5.41, 5.74) is 0.704. The maximum absolute atomic E-state index is 12.4. The monoisotopic (exact) mass is 314 g/mol. The van der Waals surface area contributed by atoms with E-state index in [1.807, 2.05) is 6.92 Å². The van der Waals surface area contributed by atoms with Gasteiger partial charge in [0, 0.05) is 24.2 Å². The number of aromatic amines is 1. The zero-order chi connectivity index (χ0) is 15.3. The number of aromatic nitrogens is 2. The second-order valence-electron chi connectivity index (χ2n) is 5.90. The first-order chi connectivity index (χ1) is 10.0. The predicted octanol–water partition coefficient (Wildman–Crippen LogP) is 1.91. The van der Waals surface area contributed by atoms with Crippen LogP contribution in [0.4, 0.5) is 0 Å². The molecule has 1 fully saturated rings. The third kappa shape index (κ3) is 5.09. The summed E-state index contributed by atoms with van der Waals surface area (Å²) >= 11 is 0. The van der Waals surface area contributed by atoms with Crippen molar-refractivity contribution in [1.29, 1.82) is 0 Å². The molecule has 1 aromatic rings. The third-order valence-corrected chi connectivity index (χ3v) is 5.31. The molecular weight excluding hydrogens is 288 g/mol. The summed E-state index contributed by atoms with van der Waals surface area (Å²) in [5.74, 6) is 0. The van der Waals surface area contributed by atoms with Gasteiger partial charge in [-0.05, 0) is 26.2 Å². The Morgan fingerprint density at radius 2 is 2.19 bits per heavy atom. The van der Waals surface area contributed by atoms with Gasteiger partial charge >= 0.3 is 0 Å². The van der Waals surface area contributed by atoms with Crippen LogP contribution >= 0.6 is 0 Å². The molecule has 0 spiro atoms. The Bertz CT molecular complexity index is 537. The Balaban J connectivity index is 1.93. The van der Waals surface area contributed by atoms with Gasteiger partial charge in [0.25, 0.3) is 10.0 Å². The predicted molar refractivity (Wildman–Crippen MR) is 82.4 cm³/mol. The van der Waals surface area contributed by atoms with Gasteiger partial charge in [-0.25, -0.2) is 13.1 Å². The first-order valence-electron chi connectivity index (χ1n) is 7.81. The van der Waals surface area contributed by atoms with Crippen LogP contribution in [0.15, 0.2) is 11.2 Å². The molecule has 0 saturated heterocycles.